The Bertz CT molecular complexity index is 325. The van der Waals surface area contributed by atoms with Crippen molar-refractivity contribution in [1.29, 1.82) is 0 Å². The van der Waals surface area contributed by atoms with E-state index in [1.54, 1.807) is 6.92 Å². The lowest BCUT2D eigenvalue weighted by molar-refractivity contribution is 0.484. The van der Waals surface area contributed by atoms with Crippen molar-refractivity contribution in [2.24, 2.45) is 5.73 Å². The fourth-order valence-corrected chi connectivity index (χ4v) is 1.32. The van der Waals surface area contributed by atoms with Crippen molar-refractivity contribution in [3.63, 3.8) is 0 Å². The van der Waals surface area contributed by atoms with Gasteiger partial charge in [0.15, 0.2) is 11.6 Å². The second kappa shape index (κ2) is 4.46. The third-order valence-electron chi connectivity index (χ3n) is 2.17. The summed E-state index contributed by atoms with van der Waals surface area (Å²) < 4.78 is 38.5. The van der Waals surface area contributed by atoms with E-state index in [2.05, 4.69) is 0 Å². The monoisotopic (exact) mass is 203 g/mol. The fourth-order valence-electron chi connectivity index (χ4n) is 1.32. The van der Waals surface area contributed by atoms with E-state index in [4.69, 9.17) is 5.73 Å². The van der Waals surface area contributed by atoms with Gasteiger partial charge in [-0.1, -0.05) is 6.92 Å². The lowest BCUT2D eigenvalue weighted by Crippen LogP contribution is -2.07. The zero-order valence-electron chi connectivity index (χ0n) is 7.86. The molecule has 1 nitrogen and oxygen atoms in total. The molecule has 1 aromatic carbocycles. The van der Waals surface area contributed by atoms with Crippen LogP contribution in [0, 0.1) is 17.5 Å². The van der Waals surface area contributed by atoms with Crippen LogP contribution in [0.25, 0.3) is 0 Å². The molecule has 0 radical (unpaired) electrons. The molecule has 1 atom stereocenters. The van der Waals surface area contributed by atoms with Crippen molar-refractivity contribution < 1.29 is 13.2 Å². The van der Waals surface area contributed by atoms with E-state index in [1.165, 1.54) is 0 Å². The Morgan fingerprint density at radius 3 is 2.29 bits per heavy atom. The van der Waals surface area contributed by atoms with Crippen molar-refractivity contribution in [3.05, 3.63) is 35.1 Å². The second-order valence-electron chi connectivity index (χ2n) is 3.27. The van der Waals surface area contributed by atoms with Gasteiger partial charge >= 0.3 is 0 Å². The minimum absolute atomic E-state index is 0.175. The second-order valence-corrected chi connectivity index (χ2v) is 3.27. The summed E-state index contributed by atoms with van der Waals surface area (Å²) in [6, 6.07) is 1.46. The van der Waals surface area contributed by atoms with Gasteiger partial charge in [0, 0.05) is 6.07 Å². The Labute approximate surface area is 80.7 Å². The predicted octanol–water partition coefficient (Wildman–Crippen LogP) is 2.56. The molecule has 78 valence electrons. The Morgan fingerprint density at radius 2 is 1.71 bits per heavy atom. The fraction of sp³-hybridized carbons (Fsp3) is 0.400. The Morgan fingerprint density at radius 1 is 1.14 bits per heavy atom. The average Bonchev–Trinajstić information content (AvgIpc) is 2.11. The standard InChI is InChI=1S/C10H12F3N/c1-6(2-3-14)7-4-9(12)10(13)5-8(7)11/h4-6H,2-3,14H2,1H3. The third-order valence-corrected chi connectivity index (χ3v) is 2.17. The van der Waals surface area contributed by atoms with Crippen molar-refractivity contribution in [2.45, 2.75) is 19.3 Å². The predicted molar refractivity (Wildman–Crippen MR) is 48.4 cm³/mol. The molecule has 1 aromatic rings. The topological polar surface area (TPSA) is 26.0 Å². The Kier molecular flexibility index (Phi) is 3.52. The molecule has 0 aromatic heterocycles. The van der Waals surface area contributed by atoms with E-state index in [-0.39, 0.29) is 11.5 Å². The quantitative estimate of drug-likeness (QED) is 0.750. The van der Waals surface area contributed by atoms with Crippen molar-refractivity contribution in [1.82, 2.24) is 0 Å². The number of nitrogens with two attached hydrogens (primary N) is 1. The zero-order chi connectivity index (χ0) is 10.7. The van der Waals surface area contributed by atoms with Crippen LogP contribution < -0.4 is 5.73 Å². The van der Waals surface area contributed by atoms with Crippen molar-refractivity contribution in [3.8, 4) is 0 Å². The summed E-state index contributed by atoms with van der Waals surface area (Å²) in [6.45, 7) is 2.11. The van der Waals surface area contributed by atoms with Crippen LogP contribution in [0.5, 0.6) is 0 Å². The summed E-state index contributed by atoms with van der Waals surface area (Å²) in [5.74, 6) is -3.10. The van der Waals surface area contributed by atoms with Gasteiger partial charge in [-0.05, 0) is 30.5 Å². The lowest BCUT2D eigenvalue weighted by Gasteiger charge is -2.11. The van der Waals surface area contributed by atoms with E-state index >= 15 is 0 Å². The first-order valence-corrected chi connectivity index (χ1v) is 4.40. The van der Waals surface area contributed by atoms with Gasteiger partial charge in [-0.2, -0.15) is 0 Å². The Hall–Kier alpha value is -1.03. The lowest BCUT2D eigenvalue weighted by atomic mass is 9.97. The van der Waals surface area contributed by atoms with Gasteiger partial charge in [-0.3, -0.25) is 0 Å². The molecule has 4 heteroatoms. The maximum absolute atomic E-state index is 13.2. The summed E-state index contributed by atoms with van der Waals surface area (Å²) in [4.78, 5) is 0. The van der Waals surface area contributed by atoms with Crippen LogP contribution in [0.1, 0.15) is 24.8 Å². The first kappa shape index (κ1) is 11.0. The van der Waals surface area contributed by atoms with Gasteiger partial charge in [0.25, 0.3) is 0 Å². The van der Waals surface area contributed by atoms with Crippen LogP contribution >= 0.6 is 0 Å². The van der Waals surface area contributed by atoms with E-state index < -0.39 is 17.5 Å². The molecule has 0 saturated carbocycles. The molecule has 0 amide bonds. The molecule has 0 aliphatic carbocycles. The summed E-state index contributed by atoms with van der Waals surface area (Å²) in [5.41, 5.74) is 5.47. The van der Waals surface area contributed by atoms with Crippen LogP contribution in [-0.2, 0) is 0 Å². The number of benzene rings is 1. The number of hydrogen-bond acceptors (Lipinski definition) is 1. The van der Waals surface area contributed by atoms with Crippen LogP contribution in [0.3, 0.4) is 0 Å². The highest BCUT2D eigenvalue weighted by Gasteiger charge is 2.14. The van der Waals surface area contributed by atoms with Gasteiger partial charge in [0.05, 0.1) is 0 Å². The van der Waals surface area contributed by atoms with E-state index in [9.17, 15) is 13.2 Å². The molecule has 1 rings (SSSR count). The molecular weight excluding hydrogens is 191 g/mol. The number of hydrogen-bond donors (Lipinski definition) is 1. The zero-order valence-corrected chi connectivity index (χ0v) is 7.86. The average molecular weight is 203 g/mol. The molecule has 1 unspecified atom stereocenters. The highest BCUT2D eigenvalue weighted by atomic mass is 19.2. The first-order chi connectivity index (χ1) is 6.56. The maximum Gasteiger partial charge on any atom is 0.161 e. The minimum Gasteiger partial charge on any atom is -0.330 e. The molecule has 14 heavy (non-hydrogen) atoms. The van der Waals surface area contributed by atoms with Gasteiger partial charge in [-0.15, -0.1) is 0 Å². The van der Waals surface area contributed by atoms with E-state index in [0.29, 0.717) is 19.0 Å². The highest BCUT2D eigenvalue weighted by molar-refractivity contribution is 5.23. The van der Waals surface area contributed by atoms with Crippen LogP contribution in [0.4, 0.5) is 13.2 Å². The summed E-state index contributed by atoms with van der Waals surface area (Å²) in [6.07, 6.45) is 0.544. The van der Waals surface area contributed by atoms with Crippen molar-refractivity contribution in [2.75, 3.05) is 6.54 Å². The van der Waals surface area contributed by atoms with Gasteiger partial charge < -0.3 is 5.73 Å². The highest BCUT2D eigenvalue weighted by Crippen LogP contribution is 2.23. The molecule has 0 aliphatic heterocycles. The first-order valence-electron chi connectivity index (χ1n) is 4.40. The van der Waals surface area contributed by atoms with Gasteiger partial charge in [-0.25, -0.2) is 13.2 Å². The molecular formula is C10H12F3N. The molecule has 2 N–H and O–H groups in total. The molecule has 0 aliphatic rings. The molecule has 0 saturated heterocycles. The van der Waals surface area contributed by atoms with Gasteiger partial charge in [0.2, 0.25) is 0 Å². The number of halogens is 3. The number of rotatable bonds is 3. The van der Waals surface area contributed by atoms with Crippen LogP contribution in [-0.4, -0.2) is 6.54 Å². The van der Waals surface area contributed by atoms with Crippen LogP contribution in [0.2, 0.25) is 0 Å². The minimum atomic E-state index is -1.16. The summed E-state index contributed by atoms with van der Waals surface area (Å²) in [5, 5.41) is 0. The largest absolute Gasteiger partial charge is 0.330 e. The molecule has 0 spiro atoms. The van der Waals surface area contributed by atoms with Crippen molar-refractivity contribution >= 4 is 0 Å². The SMILES string of the molecule is CC(CCN)c1cc(F)c(F)cc1F. The van der Waals surface area contributed by atoms with E-state index in [1.807, 2.05) is 0 Å². The smallest absolute Gasteiger partial charge is 0.161 e. The van der Waals surface area contributed by atoms with Crippen LogP contribution in [0.15, 0.2) is 12.1 Å². The maximum atomic E-state index is 13.2. The summed E-state index contributed by atoms with van der Waals surface area (Å²) >= 11 is 0. The normalized spacial score (nSPS) is 12.9. The van der Waals surface area contributed by atoms with Gasteiger partial charge in [0.1, 0.15) is 5.82 Å². The van der Waals surface area contributed by atoms with E-state index in [0.717, 1.165) is 6.07 Å². The molecule has 0 bridgehead atoms. The third kappa shape index (κ3) is 2.26. The molecule has 0 heterocycles. The summed E-state index contributed by atoms with van der Waals surface area (Å²) in [7, 11) is 0. The molecule has 0 fully saturated rings. The Balaban J connectivity index is 3.02.